The Morgan fingerprint density at radius 2 is 1.57 bits per heavy atom. The summed E-state index contributed by atoms with van der Waals surface area (Å²) in [5, 5.41) is 2.76. The molecular formula is C29H34N2O4. The van der Waals surface area contributed by atoms with E-state index < -0.39 is 5.41 Å². The molecule has 35 heavy (non-hydrogen) atoms. The number of amides is 2. The summed E-state index contributed by atoms with van der Waals surface area (Å²) in [5.74, 6) is 0.397. The van der Waals surface area contributed by atoms with Crippen LogP contribution in [0.3, 0.4) is 0 Å². The van der Waals surface area contributed by atoms with Gasteiger partial charge in [-0.1, -0.05) is 29.8 Å². The van der Waals surface area contributed by atoms with E-state index in [1.165, 1.54) is 22.4 Å². The lowest BCUT2D eigenvalue weighted by Gasteiger charge is -2.61. The summed E-state index contributed by atoms with van der Waals surface area (Å²) < 4.78 is 5.64. The Bertz CT molecular complexity index is 1120. The van der Waals surface area contributed by atoms with Crippen molar-refractivity contribution in [1.82, 2.24) is 4.90 Å². The molecule has 0 heterocycles. The molecule has 4 aliphatic carbocycles. The van der Waals surface area contributed by atoms with Crippen LogP contribution in [-0.4, -0.2) is 43.4 Å². The maximum absolute atomic E-state index is 13.4. The number of nitrogens with one attached hydrogen (secondary N) is 1. The third kappa shape index (κ3) is 4.46. The van der Waals surface area contributed by atoms with Crippen molar-refractivity contribution in [2.45, 2.75) is 50.9 Å². The molecule has 2 atom stereocenters. The van der Waals surface area contributed by atoms with Gasteiger partial charge in [-0.15, -0.1) is 0 Å². The topological polar surface area (TPSA) is 75.7 Å². The Morgan fingerprint density at radius 3 is 2.17 bits per heavy atom. The van der Waals surface area contributed by atoms with Gasteiger partial charge in [0.25, 0.3) is 11.8 Å². The lowest BCUT2D eigenvalue weighted by atomic mass is 9.43. The van der Waals surface area contributed by atoms with Crippen molar-refractivity contribution >= 4 is 23.5 Å². The first-order valence-corrected chi connectivity index (χ1v) is 12.5. The fourth-order valence-electron chi connectivity index (χ4n) is 7.18. The number of ether oxygens (including phenoxy) is 1. The summed E-state index contributed by atoms with van der Waals surface area (Å²) in [5.41, 5.74) is 3.27. The van der Waals surface area contributed by atoms with E-state index in [9.17, 15) is 14.4 Å². The number of anilines is 1. The predicted octanol–water partition coefficient (Wildman–Crippen LogP) is 4.72. The van der Waals surface area contributed by atoms with Crippen LogP contribution in [0, 0.1) is 24.2 Å². The standard InChI is InChI=1S/C29H34N2O4/c1-19-4-8-23(9-5-19)28-13-20-12-21(14-28)16-29(15-20,18-28)27(34)35-17-25(32)30-24-10-6-22(7-11-24)26(33)31(2)3/h4-11,20-21H,12-18H2,1-3H3,(H,30,32). The van der Waals surface area contributed by atoms with Crippen molar-refractivity contribution in [3.63, 3.8) is 0 Å². The second-order valence-corrected chi connectivity index (χ2v) is 11.3. The minimum absolute atomic E-state index is 0.0464. The number of carbonyl (C=O) groups is 3. The van der Waals surface area contributed by atoms with Crippen LogP contribution in [0.2, 0.25) is 0 Å². The summed E-state index contributed by atoms with van der Waals surface area (Å²) >= 11 is 0. The van der Waals surface area contributed by atoms with Gasteiger partial charge in [-0.2, -0.15) is 0 Å². The van der Waals surface area contributed by atoms with Gasteiger partial charge in [0.05, 0.1) is 5.41 Å². The van der Waals surface area contributed by atoms with Crippen LogP contribution in [0.1, 0.15) is 60.0 Å². The van der Waals surface area contributed by atoms with Crippen LogP contribution in [0.5, 0.6) is 0 Å². The molecule has 184 valence electrons. The average molecular weight is 475 g/mol. The first-order chi connectivity index (χ1) is 16.7. The van der Waals surface area contributed by atoms with Crippen molar-refractivity contribution in [3.8, 4) is 0 Å². The van der Waals surface area contributed by atoms with Gasteiger partial charge >= 0.3 is 5.97 Å². The highest BCUT2D eigenvalue weighted by Crippen LogP contribution is 2.66. The summed E-state index contributed by atoms with van der Waals surface area (Å²) in [6.45, 7) is 1.80. The van der Waals surface area contributed by atoms with Gasteiger partial charge in [0.2, 0.25) is 0 Å². The molecule has 0 aliphatic heterocycles. The number of hydrogen-bond acceptors (Lipinski definition) is 4. The Balaban J connectivity index is 1.23. The number of carbonyl (C=O) groups excluding carboxylic acids is 3. The Labute approximate surface area is 207 Å². The van der Waals surface area contributed by atoms with Crippen LogP contribution in [-0.2, 0) is 19.7 Å². The van der Waals surface area contributed by atoms with E-state index in [1.807, 2.05) is 0 Å². The third-order valence-corrected chi connectivity index (χ3v) is 8.31. The van der Waals surface area contributed by atoms with Crippen LogP contribution in [0.25, 0.3) is 0 Å². The van der Waals surface area contributed by atoms with Gasteiger partial charge in [-0.05, 0) is 92.5 Å². The molecule has 6 rings (SSSR count). The second kappa shape index (κ2) is 8.81. The molecule has 2 aromatic rings. The molecule has 4 aliphatic rings. The number of nitrogens with zero attached hydrogens (tertiary/aromatic N) is 1. The van der Waals surface area contributed by atoms with Crippen molar-refractivity contribution in [1.29, 1.82) is 0 Å². The van der Waals surface area contributed by atoms with Crippen LogP contribution in [0.15, 0.2) is 48.5 Å². The van der Waals surface area contributed by atoms with Crippen LogP contribution >= 0.6 is 0 Å². The maximum atomic E-state index is 13.4. The zero-order valence-corrected chi connectivity index (χ0v) is 20.8. The van der Waals surface area contributed by atoms with Gasteiger partial charge in [-0.25, -0.2) is 0 Å². The summed E-state index contributed by atoms with van der Waals surface area (Å²) in [6.07, 6.45) is 6.06. The fraction of sp³-hybridized carbons (Fsp3) is 0.483. The van der Waals surface area contributed by atoms with Crippen molar-refractivity contribution in [2.75, 3.05) is 26.0 Å². The lowest BCUT2D eigenvalue weighted by Crippen LogP contribution is -2.57. The maximum Gasteiger partial charge on any atom is 0.312 e. The SMILES string of the molecule is Cc1ccc(C23CC4CC(CC(C(=O)OCC(=O)Nc5ccc(C(=O)N(C)C)cc5)(C4)C2)C3)cc1. The van der Waals surface area contributed by atoms with E-state index in [-0.39, 0.29) is 29.8 Å². The molecule has 4 saturated carbocycles. The Kier molecular flexibility index (Phi) is 5.94. The van der Waals surface area contributed by atoms with E-state index in [2.05, 4.69) is 36.5 Å². The molecule has 6 heteroatoms. The first-order valence-electron chi connectivity index (χ1n) is 12.5. The van der Waals surface area contributed by atoms with Gasteiger partial charge in [0.1, 0.15) is 0 Å². The van der Waals surface area contributed by atoms with Crippen molar-refractivity contribution < 1.29 is 19.1 Å². The highest BCUT2D eigenvalue weighted by Gasteiger charge is 2.61. The molecule has 2 unspecified atom stereocenters. The monoisotopic (exact) mass is 474 g/mol. The van der Waals surface area contributed by atoms with E-state index in [4.69, 9.17) is 4.74 Å². The molecule has 0 radical (unpaired) electrons. The average Bonchev–Trinajstić information content (AvgIpc) is 2.82. The van der Waals surface area contributed by atoms with Crippen LogP contribution in [0.4, 0.5) is 5.69 Å². The summed E-state index contributed by atoms with van der Waals surface area (Å²) in [7, 11) is 3.39. The zero-order chi connectivity index (χ0) is 24.8. The molecule has 2 amide bonds. The smallest absolute Gasteiger partial charge is 0.312 e. The summed E-state index contributed by atoms with van der Waals surface area (Å²) in [6, 6.07) is 15.5. The zero-order valence-electron chi connectivity index (χ0n) is 20.8. The van der Waals surface area contributed by atoms with Crippen LogP contribution < -0.4 is 5.32 Å². The van der Waals surface area contributed by atoms with Gasteiger partial charge in [0, 0.05) is 25.3 Å². The number of aryl methyl sites for hydroxylation is 1. The number of hydrogen-bond donors (Lipinski definition) is 1. The van der Waals surface area contributed by atoms with Crippen molar-refractivity contribution in [3.05, 3.63) is 65.2 Å². The Morgan fingerprint density at radius 1 is 0.943 bits per heavy atom. The quantitative estimate of drug-likeness (QED) is 0.615. The largest absolute Gasteiger partial charge is 0.455 e. The first kappa shape index (κ1) is 23.6. The van der Waals surface area contributed by atoms with E-state index >= 15 is 0 Å². The third-order valence-electron chi connectivity index (χ3n) is 8.31. The number of rotatable bonds is 6. The van der Waals surface area contributed by atoms with E-state index in [0.29, 0.717) is 23.1 Å². The lowest BCUT2D eigenvalue weighted by molar-refractivity contribution is -0.175. The normalized spacial score (nSPS) is 28.4. The van der Waals surface area contributed by atoms with Gasteiger partial charge in [0.15, 0.2) is 6.61 Å². The molecule has 6 nitrogen and oxygen atoms in total. The fourth-order valence-corrected chi connectivity index (χ4v) is 7.18. The molecule has 4 bridgehead atoms. The minimum Gasteiger partial charge on any atom is -0.455 e. The number of benzene rings is 2. The molecule has 1 N–H and O–H groups in total. The highest BCUT2D eigenvalue weighted by atomic mass is 16.5. The van der Waals surface area contributed by atoms with Gasteiger partial charge in [-0.3, -0.25) is 14.4 Å². The highest BCUT2D eigenvalue weighted by molar-refractivity contribution is 5.96. The van der Waals surface area contributed by atoms with Crippen molar-refractivity contribution in [2.24, 2.45) is 17.3 Å². The molecule has 0 saturated heterocycles. The second-order valence-electron chi connectivity index (χ2n) is 11.3. The molecule has 2 aromatic carbocycles. The minimum atomic E-state index is -0.483. The Hall–Kier alpha value is -3.15. The number of esters is 1. The molecular weight excluding hydrogens is 440 g/mol. The van der Waals surface area contributed by atoms with E-state index in [1.54, 1.807) is 38.4 Å². The molecule has 0 aromatic heterocycles. The predicted molar refractivity (Wildman–Crippen MR) is 134 cm³/mol. The molecule has 4 fully saturated rings. The summed E-state index contributed by atoms with van der Waals surface area (Å²) in [4.78, 5) is 39.5. The molecule has 0 spiro atoms. The van der Waals surface area contributed by atoms with Gasteiger partial charge < -0.3 is 15.0 Å². The van der Waals surface area contributed by atoms with E-state index in [0.717, 1.165) is 32.1 Å².